The van der Waals surface area contributed by atoms with Crippen molar-refractivity contribution < 1.29 is 9.53 Å². The van der Waals surface area contributed by atoms with Gasteiger partial charge in [-0.1, -0.05) is 5.92 Å². The number of aromatic nitrogens is 1. The zero-order chi connectivity index (χ0) is 13.1. The first-order valence-corrected chi connectivity index (χ1v) is 5.46. The molecule has 1 aromatic carbocycles. The summed E-state index contributed by atoms with van der Waals surface area (Å²) in [6.07, 6.45) is 6.64. The molecule has 0 atom stereocenters. The van der Waals surface area contributed by atoms with E-state index >= 15 is 0 Å². The van der Waals surface area contributed by atoms with E-state index < -0.39 is 5.97 Å². The predicted octanol–water partition coefficient (Wildman–Crippen LogP) is 1.69. The Labute approximate surface area is 104 Å². The second-order valence-corrected chi connectivity index (χ2v) is 3.66. The molecule has 0 saturated heterocycles. The Kier molecular flexibility index (Phi) is 3.16. The molecular formula is C14H11NO3. The summed E-state index contributed by atoms with van der Waals surface area (Å²) in [4.78, 5) is 26.6. The Hall–Kier alpha value is -2.54. The van der Waals surface area contributed by atoms with Crippen LogP contribution in [-0.4, -0.2) is 17.6 Å². The van der Waals surface area contributed by atoms with Crippen LogP contribution in [0.1, 0.15) is 22.8 Å². The van der Waals surface area contributed by atoms with Gasteiger partial charge in [0, 0.05) is 22.7 Å². The summed E-state index contributed by atoms with van der Waals surface area (Å²) in [6, 6.07) is 5.01. The Morgan fingerprint density at radius 2 is 2.28 bits per heavy atom. The number of hydrogen-bond donors (Lipinski definition) is 1. The molecule has 1 aromatic heterocycles. The van der Waals surface area contributed by atoms with Crippen LogP contribution in [0.5, 0.6) is 0 Å². The van der Waals surface area contributed by atoms with E-state index in [0.29, 0.717) is 16.5 Å². The van der Waals surface area contributed by atoms with Crippen LogP contribution >= 0.6 is 0 Å². The van der Waals surface area contributed by atoms with E-state index in [4.69, 9.17) is 11.2 Å². The highest BCUT2D eigenvalue weighted by molar-refractivity contribution is 5.93. The van der Waals surface area contributed by atoms with Gasteiger partial charge in [-0.3, -0.25) is 4.79 Å². The molecule has 0 aliphatic carbocycles. The van der Waals surface area contributed by atoms with Gasteiger partial charge in [-0.05, 0) is 25.1 Å². The lowest BCUT2D eigenvalue weighted by Crippen LogP contribution is -2.18. The van der Waals surface area contributed by atoms with E-state index in [1.54, 1.807) is 25.1 Å². The standard InChI is InChI=1S/C14H11NO3/c1-3-9-5-6-12-10(7-9)13(16)11(8-15-12)14(17)18-4-2/h1,5-8H,4H2,2H3,(H,15,16). The van der Waals surface area contributed by atoms with Crippen LogP contribution in [0.4, 0.5) is 0 Å². The fourth-order valence-corrected chi connectivity index (χ4v) is 1.67. The molecule has 90 valence electrons. The molecular weight excluding hydrogens is 230 g/mol. The summed E-state index contributed by atoms with van der Waals surface area (Å²) in [6.45, 7) is 1.91. The third-order valence-electron chi connectivity index (χ3n) is 2.54. The maximum Gasteiger partial charge on any atom is 0.343 e. The minimum absolute atomic E-state index is 0.0153. The van der Waals surface area contributed by atoms with E-state index in [9.17, 15) is 9.59 Å². The molecule has 0 saturated carbocycles. The number of H-pyrrole nitrogens is 1. The van der Waals surface area contributed by atoms with Crippen molar-refractivity contribution in [2.24, 2.45) is 0 Å². The van der Waals surface area contributed by atoms with Gasteiger partial charge < -0.3 is 9.72 Å². The normalized spacial score (nSPS) is 10.0. The number of fused-ring (bicyclic) bond motifs is 1. The number of hydrogen-bond acceptors (Lipinski definition) is 3. The van der Waals surface area contributed by atoms with Gasteiger partial charge in [0.2, 0.25) is 5.43 Å². The minimum atomic E-state index is -0.633. The highest BCUT2D eigenvalue weighted by Crippen LogP contribution is 2.11. The predicted molar refractivity (Wildman–Crippen MR) is 68.5 cm³/mol. The molecule has 2 rings (SSSR count). The average molecular weight is 241 g/mol. The first kappa shape index (κ1) is 11.9. The number of esters is 1. The van der Waals surface area contributed by atoms with Crippen LogP contribution in [0.25, 0.3) is 10.9 Å². The van der Waals surface area contributed by atoms with Crippen LogP contribution in [0, 0.1) is 12.3 Å². The molecule has 4 heteroatoms. The van der Waals surface area contributed by atoms with Crippen molar-refractivity contribution in [2.45, 2.75) is 6.92 Å². The number of ether oxygens (including phenoxy) is 1. The van der Waals surface area contributed by atoms with Gasteiger partial charge in [-0.15, -0.1) is 6.42 Å². The minimum Gasteiger partial charge on any atom is -0.462 e. The zero-order valence-electron chi connectivity index (χ0n) is 9.82. The smallest absolute Gasteiger partial charge is 0.343 e. The number of rotatable bonds is 2. The molecule has 1 heterocycles. The Morgan fingerprint density at radius 1 is 1.50 bits per heavy atom. The van der Waals surface area contributed by atoms with E-state index in [1.165, 1.54) is 6.20 Å². The van der Waals surface area contributed by atoms with E-state index in [2.05, 4.69) is 10.9 Å². The molecule has 0 unspecified atom stereocenters. The van der Waals surface area contributed by atoms with Crippen LogP contribution in [0.2, 0.25) is 0 Å². The monoisotopic (exact) mass is 241 g/mol. The van der Waals surface area contributed by atoms with Crippen LogP contribution in [-0.2, 0) is 4.74 Å². The molecule has 4 nitrogen and oxygen atoms in total. The third-order valence-corrected chi connectivity index (χ3v) is 2.54. The topological polar surface area (TPSA) is 59.2 Å². The molecule has 18 heavy (non-hydrogen) atoms. The molecule has 0 amide bonds. The number of carbonyl (C=O) groups is 1. The number of terminal acetylenes is 1. The largest absolute Gasteiger partial charge is 0.462 e. The van der Waals surface area contributed by atoms with Gasteiger partial charge in [0.1, 0.15) is 5.56 Å². The maximum absolute atomic E-state index is 12.1. The molecule has 0 radical (unpaired) electrons. The first-order valence-electron chi connectivity index (χ1n) is 5.46. The fraction of sp³-hybridized carbons (Fsp3) is 0.143. The van der Waals surface area contributed by atoms with Crippen molar-refractivity contribution >= 4 is 16.9 Å². The van der Waals surface area contributed by atoms with Crippen molar-refractivity contribution in [1.82, 2.24) is 4.98 Å². The van der Waals surface area contributed by atoms with Crippen molar-refractivity contribution in [1.29, 1.82) is 0 Å². The lowest BCUT2D eigenvalue weighted by Gasteiger charge is -2.03. The van der Waals surface area contributed by atoms with Gasteiger partial charge in [0.15, 0.2) is 0 Å². The third kappa shape index (κ3) is 1.98. The summed E-state index contributed by atoms with van der Waals surface area (Å²) >= 11 is 0. The number of nitrogens with one attached hydrogen (secondary N) is 1. The zero-order valence-corrected chi connectivity index (χ0v) is 9.82. The van der Waals surface area contributed by atoms with Gasteiger partial charge in [-0.2, -0.15) is 0 Å². The van der Waals surface area contributed by atoms with Crippen LogP contribution < -0.4 is 5.43 Å². The molecule has 0 aliphatic heterocycles. The van der Waals surface area contributed by atoms with Crippen molar-refractivity contribution in [3.8, 4) is 12.3 Å². The molecule has 0 bridgehead atoms. The lowest BCUT2D eigenvalue weighted by atomic mass is 10.1. The molecule has 0 aliphatic rings. The van der Waals surface area contributed by atoms with E-state index in [-0.39, 0.29) is 17.6 Å². The summed E-state index contributed by atoms with van der Waals surface area (Å²) in [5.41, 5.74) is 0.832. The summed E-state index contributed by atoms with van der Waals surface area (Å²) in [7, 11) is 0. The van der Waals surface area contributed by atoms with Crippen molar-refractivity contribution in [3.05, 3.63) is 45.7 Å². The van der Waals surface area contributed by atoms with E-state index in [1.807, 2.05) is 0 Å². The Bertz CT molecular complexity index is 707. The quantitative estimate of drug-likeness (QED) is 0.643. The highest BCUT2D eigenvalue weighted by Gasteiger charge is 2.13. The van der Waals surface area contributed by atoms with E-state index in [0.717, 1.165) is 0 Å². The number of carbonyl (C=O) groups excluding carboxylic acids is 1. The number of pyridine rings is 1. The van der Waals surface area contributed by atoms with Crippen LogP contribution in [0.15, 0.2) is 29.2 Å². The SMILES string of the molecule is C#Cc1ccc2[nH]cc(C(=O)OCC)c(=O)c2c1. The van der Waals surface area contributed by atoms with Gasteiger partial charge >= 0.3 is 5.97 Å². The molecule has 0 spiro atoms. The summed E-state index contributed by atoms with van der Waals surface area (Å²) < 4.78 is 4.81. The summed E-state index contributed by atoms with van der Waals surface area (Å²) in [5.74, 6) is 1.82. The highest BCUT2D eigenvalue weighted by atomic mass is 16.5. The second kappa shape index (κ2) is 4.76. The fourth-order valence-electron chi connectivity index (χ4n) is 1.67. The van der Waals surface area contributed by atoms with Crippen LogP contribution in [0.3, 0.4) is 0 Å². The molecule has 1 N–H and O–H groups in total. The van der Waals surface area contributed by atoms with Crippen molar-refractivity contribution in [3.63, 3.8) is 0 Å². The van der Waals surface area contributed by atoms with Gasteiger partial charge in [0.05, 0.1) is 6.61 Å². The number of aromatic amines is 1. The lowest BCUT2D eigenvalue weighted by molar-refractivity contribution is 0.0524. The second-order valence-electron chi connectivity index (χ2n) is 3.66. The Morgan fingerprint density at radius 3 is 2.94 bits per heavy atom. The summed E-state index contributed by atoms with van der Waals surface area (Å²) in [5, 5.41) is 0.385. The van der Waals surface area contributed by atoms with Gasteiger partial charge in [-0.25, -0.2) is 4.79 Å². The molecule has 0 fully saturated rings. The maximum atomic E-state index is 12.1. The van der Waals surface area contributed by atoms with Gasteiger partial charge in [0.25, 0.3) is 0 Å². The first-order chi connectivity index (χ1) is 8.67. The average Bonchev–Trinajstić information content (AvgIpc) is 2.39. The Balaban J connectivity index is 2.67. The van der Waals surface area contributed by atoms with Crippen molar-refractivity contribution in [2.75, 3.05) is 6.61 Å². The molecule has 2 aromatic rings. The number of benzene rings is 1.